The Morgan fingerprint density at radius 1 is 1.25 bits per heavy atom. The van der Waals surface area contributed by atoms with E-state index in [0.29, 0.717) is 12.6 Å². The third kappa shape index (κ3) is 3.50. The molecule has 128 valence electrons. The standard InChI is InChI=1S/C19H26N4O/c1-14-12-15(9-10-20-14)22-11-5-6-16(22)13-23-18(24)8-7-17(21-23)19(2,3)4/h7-10,12,16H,5-6,11,13H2,1-4H3. The van der Waals surface area contributed by atoms with Crippen molar-refractivity contribution in [3.8, 4) is 0 Å². The molecule has 0 spiro atoms. The van der Waals surface area contributed by atoms with Gasteiger partial charge in [0.1, 0.15) is 0 Å². The molecule has 0 saturated carbocycles. The number of hydrogen-bond acceptors (Lipinski definition) is 4. The maximum absolute atomic E-state index is 12.3. The third-order valence-electron chi connectivity index (χ3n) is 4.61. The predicted octanol–water partition coefficient (Wildman–Crippen LogP) is 2.91. The van der Waals surface area contributed by atoms with Gasteiger partial charge >= 0.3 is 0 Å². The van der Waals surface area contributed by atoms with Crippen LogP contribution in [0.1, 0.15) is 45.0 Å². The quantitative estimate of drug-likeness (QED) is 0.870. The summed E-state index contributed by atoms with van der Waals surface area (Å²) in [5.74, 6) is 0. The van der Waals surface area contributed by atoms with Crippen molar-refractivity contribution in [2.75, 3.05) is 11.4 Å². The summed E-state index contributed by atoms with van der Waals surface area (Å²) >= 11 is 0. The fourth-order valence-electron chi connectivity index (χ4n) is 3.25. The first-order valence-electron chi connectivity index (χ1n) is 8.62. The van der Waals surface area contributed by atoms with Crippen LogP contribution in [0.2, 0.25) is 0 Å². The van der Waals surface area contributed by atoms with Crippen molar-refractivity contribution in [1.82, 2.24) is 14.8 Å². The van der Waals surface area contributed by atoms with E-state index in [1.807, 2.05) is 25.3 Å². The van der Waals surface area contributed by atoms with Gasteiger partial charge in [-0.05, 0) is 38.0 Å². The SMILES string of the molecule is Cc1cc(N2CCCC2Cn2nc(C(C)(C)C)ccc2=O)ccn1. The molecule has 1 unspecified atom stereocenters. The number of nitrogens with zero attached hydrogens (tertiary/aromatic N) is 4. The monoisotopic (exact) mass is 326 g/mol. The summed E-state index contributed by atoms with van der Waals surface area (Å²) in [6.45, 7) is 10.0. The van der Waals surface area contributed by atoms with E-state index in [0.717, 1.165) is 30.8 Å². The van der Waals surface area contributed by atoms with Crippen molar-refractivity contribution in [2.24, 2.45) is 0 Å². The summed E-state index contributed by atoms with van der Waals surface area (Å²) in [5.41, 5.74) is 3.06. The van der Waals surface area contributed by atoms with Gasteiger partial charge in [-0.1, -0.05) is 20.8 Å². The fraction of sp³-hybridized carbons (Fsp3) is 0.526. The molecule has 0 radical (unpaired) electrons. The number of aryl methyl sites for hydroxylation is 1. The molecule has 1 fully saturated rings. The number of pyridine rings is 1. The molecule has 3 heterocycles. The topological polar surface area (TPSA) is 51.0 Å². The van der Waals surface area contributed by atoms with E-state index >= 15 is 0 Å². The molecule has 24 heavy (non-hydrogen) atoms. The van der Waals surface area contributed by atoms with E-state index in [1.165, 1.54) is 5.69 Å². The van der Waals surface area contributed by atoms with Crippen molar-refractivity contribution >= 4 is 5.69 Å². The van der Waals surface area contributed by atoms with Crippen molar-refractivity contribution in [3.05, 3.63) is 52.2 Å². The molecule has 2 aromatic heterocycles. The zero-order valence-electron chi connectivity index (χ0n) is 15.0. The molecule has 3 rings (SSSR count). The molecular weight excluding hydrogens is 300 g/mol. The van der Waals surface area contributed by atoms with Crippen LogP contribution in [0.15, 0.2) is 35.3 Å². The highest BCUT2D eigenvalue weighted by Crippen LogP contribution is 2.26. The minimum absolute atomic E-state index is 0.0271. The second-order valence-electron chi connectivity index (χ2n) is 7.63. The summed E-state index contributed by atoms with van der Waals surface area (Å²) in [6.07, 6.45) is 4.07. The van der Waals surface area contributed by atoms with Gasteiger partial charge in [0.25, 0.3) is 5.56 Å². The molecule has 5 nitrogen and oxygen atoms in total. The van der Waals surface area contributed by atoms with E-state index in [2.05, 4.69) is 41.8 Å². The zero-order valence-corrected chi connectivity index (χ0v) is 15.0. The molecule has 0 N–H and O–H groups in total. The number of hydrogen-bond donors (Lipinski definition) is 0. The van der Waals surface area contributed by atoms with Crippen LogP contribution >= 0.6 is 0 Å². The Kier molecular flexibility index (Phi) is 4.43. The summed E-state index contributed by atoms with van der Waals surface area (Å²) in [6, 6.07) is 7.95. The predicted molar refractivity (Wildman–Crippen MR) is 96.5 cm³/mol. The average Bonchev–Trinajstić information content (AvgIpc) is 2.96. The molecule has 5 heteroatoms. The maximum Gasteiger partial charge on any atom is 0.266 e. The summed E-state index contributed by atoms with van der Waals surface area (Å²) in [4.78, 5) is 18.9. The van der Waals surface area contributed by atoms with Crippen LogP contribution in [0.5, 0.6) is 0 Å². The highest BCUT2D eigenvalue weighted by molar-refractivity contribution is 5.48. The first-order valence-corrected chi connectivity index (χ1v) is 8.62. The third-order valence-corrected chi connectivity index (χ3v) is 4.61. The highest BCUT2D eigenvalue weighted by atomic mass is 16.1. The lowest BCUT2D eigenvalue weighted by Crippen LogP contribution is -2.38. The van der Waals surface area contributed by atoms with Gasteiger partial charge < -0.3 is 4.90 Å². The molecule has 0 amide bonds. The van der Waals surface area contributed by atoms with Crippen LogP contribution in [-0.4, -0.2) is 27.4 Å². The minimum Gasteiger partial charge on any atom is -0.367 e. The van der Waals surface area contributed by atoms with Gasteiger partial charge in [0.05, 0.1) is 12.2 Å². The zero-order chi connectivity index (χ0) is 17.3. The van der Waals surface area contributed by atoms with Crippen LogP contribution in [0.25, 0.3) is 0 Å². The van der Waals surface area contributed by atoms with Crippen molar-refractivity contribution in [2.45, 2.75) is 58.5 Å². The van der Waals surface area contributed by atoms with Crippen LogP contribution in [0, 0.1) is 6.92 Å². The molecule has 1 aliphatic rings. The number of aromatic nitrogens is 3. The Morgan fingerprint density at radius 2 is 2.04 bits per heavy atom. The van der Waals surface area contributed by atoms with E-state index in [-0.39, 0.29) is 11.0 Å². The van der Waals surface area contributed by atoms with E-state index in [9.17, 15) is 4.79 Å². The molecule has 0 aliphatic carbocycles. The van der Waals surface area contributed by atoms with Crippen molar-refractivity contribution < 1.29 is 0 Å². The van der Waals surface area contributed by atoms with E-state index in [1.54, 1.807) is 10.7 Å². The summed E-state index contributed by atoms with van der Waals surface area (Å²) in [5, 5.41) is 4.62. The Bertz CT molecular complexity index is 775. The van der Waals surface area contributed by atoms with Gasteiger partial charge in [0.15, 0.2) is 0 Å². The molecule has 1 atom stereocenters. The van der Waals surface area contributed by atoms with Gasteiger partial charge in [-0.15, -0.1) is 0 Å². The van der Waals surface area contributed by atoms with Gasteiger partial charge in [-0.2, -0.15) is 5.10 Å². The average molecular weight is 326 g/mol. The first-order chi connectivity index (χ1) is 11.3. The number of anilines is 1. The Hall–Kier alpha value is -2.17. The van der Waals surface area contributed by atoms with Crippen LogP contribution in [0.4, 0.5) is 5.69 Å². The van der Waals surface area contributed by atoms with Gasteiger partial charge in [0, 0.05) is 41.6 Å². The first kappa shape index (κ1) is 16.7. The van der Waals surface area contributed by atoms with Crippen LogP contribution < -0.4 is 10.5 Å². The van der Waals surface area contributed by atoms with E-state index < -0.39 is 0 Å². The maximum atomic E-state index is 12.3. The molecule has 0 aromatic carbocycles. The Morgan fingerprint density at radius 3 is 2.75 bits per heavy atom. The van der Waals surface area contributed by atoms with Gasteiger partial charge in [0.2, 0.25) is 0 Å². The lowest BCUT2D eigenvalue weighted by molar-refractivity contribution is 0.457. The molecule has 2 aromatic rings. The highest BCUT2D eigenvalue weighted by Gasteiger charge is 2.26. The van der Waals surface area contributed by atoms with Gasteiger partial charge in [-0.25, -0.2) is 4.68 Å². The summed E-state index contributed by atoms with van der Waals surface area (Å²) < 4.78 is 1.64. The van der Waals surface area contributed by atoms with Crippen LogP contribution in [-0.2, 0) is 12.0 Å². The Labute approximate surface area is 143 Å². The minimum atomic E-state index is -0.0625. The van der Waals surface area contributed by atoms with E-state index in [4.69, 9.17) is 0 Å². The Balaban J connectivity index is 1.86. The number of rotatable bonds is 3. The second kappa shape index (κ2) is 6.38. The largest absolute Gasteiger partial charge is 0.367 e. The normalized spacial score (nSPS) is 18.2. The lowest BCUT2D eigenvalue weighted by Gasteiger charge is -2.27. The fourth-order valence-corrected chi connectivity index (χ4v) is 3.25. The molecular formula is C19H26N4O. The molecule has 0 bridgehead atoms. The van der Waals surface area contributed by atoms with Gasteiger partial charge in [-0.3, -0.25) is 9.78 Å². The lowest BCUT2D eigenvalue weighted by atomic mass is 9.92. The molecule has 1 saturated heterocycles. The smallest absolute Gasteiger partial charge is 0.266 e. The van der Waals surface area contributed by atoms with Crippen molar-refractivity contribution in [1.29, 1.82) is 0 Å². The molecule has 1 aliphatic heterocycles. The van der Waals surface area contributed by atoms with Crippen LogP contribution in [0.3, 0.4) is 0 Å². The summed E-state index contributed by atoms with van der Waals surface area (Å²) in [7, 11) is 0. The van der Waals surface area contributed by atoms with Crippen molar-refractivity contribution in [3.63, 3.8) is 0 Å². The second-order valence-corrected chi connectivity index (χ2v) is 7.63.